The minimum atomic E-state index is -0.281. The van der Waals surface area contributed by atoms with Crippen molar-refractivity contribution in [1.29, 1.82) is 0 Å². The lowest BCUT2D eigenvalue weighted by Crippen LogP contribution is -2.39. The van der Waals surface area contributed by atoms with E-state index in [1.807, 2.05) is 18.2 Å². The molecule has 1 fully saturated rings. The third-order valence-electron chi connectivity index (χ3n) is 3.82. The topological polar surface area (TPSA) is 41.6 Å². The Hall–Kier alpha value is -1.55. The maximum Gasteiger partial charge on any atom is 0.339 e. The van der Waals surface area contributed by atoms with Crippen LogP contribution in [-0.2, 0) is 4.74 Å². The maximum atomic E-state index is 11.7. The zero-order chi connectivity index (χ0) is 14.4. The molecule has 0 spiro atoms. The van der Waals surface area contributed by atoms with Gasteiger partial charge in [-0.05, 0) is 37.9 Å². The highest BCUT2D eigenvalue weighted by molar-refractivity contribution is 5.95. The molecule has 1 saturated heterocycles. The van der Waals surface area contributed by atoms with E-state index in [0.717, 1.165) is 31.6 Å². The van der Waals surface area contributed by atoms with E-state index in [0.29, 0.717) is 11.6 Å². The van der Waals surface area contributed by atoms with E-state index >= 15 is 0 Å². The van der Waals surface area contributed by atoms with Gasteiger partial charge in [0.05, 0.1) is 12.7 Å². The van der Waals surface area contributed by atoms with Gasteiger partial charge in [-0.25, -0.2) is 4.79 Å². The summed E-state index contributed by atoms with van der Waals surface area (Å²) in [6, 6.07) is 8.00. The fourth-order valence-electron chi connectivity index (χ4n) is 2.73. The molecule has 20 heavy (non-hydrogen) atoms. The number of hydrogen-bond donors (Lipinski definition) is 1. The van der Waals surface area contributed by atoms with Gasteiger partial charge in [0, 0.05) is 24.8 Å². The standard InChI is InChI=1S/C16H24N2O2/c1-3-10-18-11-8-13(9-12-18)17-15-7-5-4-6-14(15)16(19)20-2/h4-7,13,17H,3,8-12H2,1-2H3. The number of hydrogen-bond acceptors (Lipinski definition) is 4. The number of nitrogens with one attached hydrogen (secondary N) is 1. The molecule has 1 heterocycles. The number of carbonyl (C=O) groups is 1. The van der Waals surface area contributed by atoms with Crippen molar-refractivity contribution in [3.8, 4) is 0 Å². The summed E-state index contributed by atoms with van der Waals surface area (Å²) in [5.41, 5.74) is 1.50. The van der Waals surface area contributed by atoms with Crippen LogP contribution in [0.2, 0.25) is 0 Å². The van der Waals surface area contributed by atoms with Gasteiger partial charge in [0.1, 0.15) is 0 Å². The smallest absolute Gasteiger partial charge is 0.339 e. The van der Waals surface area contributed by atoms with Crippen molar-refractivity contribution in [1.82, 2.24) is 4.90 Å². The van der Waals surface area contributed by atoms with Crippen LogP contribution in [0.1, 0.15) is 36.5 Å². The molecule has 1 aliphatic rings. The molecule has 0 amide bonds. The Kier molecular flexibility index (Phi) is 5.41. The van der Waals surface area contributed by atoms with E-state index in [-0.39, 0.29) is 5.97 Å². The molecule has 0 aromatic heterocycles. The fourth-order valence-corrected chi connectivity index (χ4v) is 2.73. The molecule has 1 N–H and O–H groups in total. The third kappa shape index (κ3) is 3.73. The minimum absolute atomic E-state index is 0.281. The van der Waals surface area contributed by atoms with Crippen LogP contribution in [0.3, 0.4) is 0 Å². The number of anilines is 1. The van der Waals surface area contributed by atoms with Crippen LogP contribution in [-0.4, -0.2) is 43.7 Å². The Morgan fingerprint density at radius 3 is 2.70 bits per heavy atom. The maximum absolute atomic E-state index is 11.7. The second-order valence-corrected chi connectivity index (χ2v) is 5.30. The molecular weight excluding hydrogens is 252 g/mol. The molecule has 1 aromatic rings. The quantitative estimate of drug-likeness (QED) is 0.840. The summed E-state index contributed by atoms with van der Waals surface area (Å²) in [6.45, 7) is 5.67. The second kappa shape index (κ2) is 7.29. The number of benzene rings is 1. The predicted molar refractivity (Wildman–Crippen MR) is 81.2 cm³/mol. The zero-order valence-corrected chi connectivity index (χ0v) is 12.4. The highest BCUT2D eigenvalue weighted by atomic mass is 16.5. The summed E-state index contributed by atoms with van der Waals surface area (Å²) >= 11 is 0. The number of rotatable bonds is 5. The SMILES string of the molecule is CCCN1CCC(Nc2ccccc2C(=O)OC)CC1. The highest BCUT2D eigenvalue weighted by Gasteiger charge is 2.20. The summed E-state index contributed by atoms with van der Waals surface area (Å²) in [5.74, 6) is -0.281. The van der Waals surface area contributed by atoms with E-state index in [1.54, 1.807) is 6.07 Å². The highest BCUT2D eigenvalue weighted by Crippen LogP contribution is 2.21. The summed E-state index contributed by atoms with van der Waals surface area (Å²) in [6.07, 6.45) is 3.45. The van der Waals surface area contributed by atoms with E-state index in [4.69, 9.17) is 4.74 Å². The molecule has 0 saturated carbocycles. The van der Waals surface area contributed by atoms with Crippen LogP contribution in [0.15, 0.2) is 24.3 Å². The van der Waals surface area contributed by atoms with Crippen LogP contribution in [0.5, 0.6) is 0 Å². The van der Waals surface area contributed by atoms with E-state index in [1.165, 1.54) is 20.1 Å². The Morgan fingerprint density at radius 2 is 2.05 bits per heavy atom. The predicted octanol–water partition coefficient (Wildman–Crippen LogP) is 2.76. The minimum Gasteiger partial charge on any atom is -0.465 e. The summed E-state index contributed by atoms with van der Waals surface area (Å²) in [5, 5.41) is 3.50. The molecule has 0 aliphatic carbocycles. The molecule has 110 valence electrons. The molecule has 4 heteroatoms. The van der Waals surface area contributed by atoms with Crippen molar-refractivity contribution in [3.63, 3.8) is 0 Å². The first kappa shape index (κ1) is 14.9. The van der Waals surface area contributed by atoms with Crippen molar-refractivity contribution < 1.29 is 9.53 Å². The van der Waals surface area contributed by atoms with Crippen molar-refractivity contribution in [3.05, 3.63) is 29.8 Å². The number of nitrogens with zero attached hydrogens (tertiary/aromatic N) is 1. The first-order chi connectivity index (χ1) is 9.74. The second-order valence-electron chi connectivity index (χ2n) is 5.30. The molecule has 1 aliphatic heterocycles. The fraction of sp³-hybridized carbons (Fsp3) is 0.562. The van der Waals surface area contributed by atoms with Crippen molar-refractivity contribution in [2.24, 2.45) is 0 Å². The Balaban J connectivity index is 1.96. The summed E-state index contributed by atoms with van der Waals surface area (Å²) in [4.78, 5) is 14.2. The molecule has 4 nitrogen and oxygen atoms in total. The molecule has 0 atom stereocenters. The molecular formula is C16H24N2O2. The number of ether oxygens (including phenoxy) is 1. The van der Waals surface area contributed by atoms with Gasteiger partial charge in [-0.2, -0.15) is 0 Å². The molecule has 0 bridgehead atoms. The molecule has 1 aromatic carbocycles. The number of carbonyl (C=O) groups excluding carboxylic acids is 1. The van der Waals surface area contributed by atoms with E-state index in [9.17, 15) is 4.79 Å². The van der Waals surface area contributed by atoms with Gasteiger partial charge < -0.3 is 15.0 Å². The number of para-hydroxylation sites is 1. The first-order valence-corrected chi connectivity index (χ1v) is 7.40. The van der Waals surface area contributed by atoms with Gasteiger partial charge >= 0.3 is 5.97 Å². The normalized spacial score (nSPS) is 16.9. The van der Waals surface area contributed by atoms with Crippen LogP contribution in [0.4, 0.5) is 5.69 Å². The van der Waals surface area contributed by atoms with Crippen LogP contribution >= 0.6 is 0 Å². The molecule has 0 unspecified atom stereocenters. The van der Waals surface area contributed by atoms with Crippen LogP contribution in [0, 0.1) is 0 Å². The number of methoxy groups -OCH3 is 1. The zero-order valence-electron chi connectivity index (χ0n) is 12.4. The number of piperidine rings is 1. The largest absolute Gasteiger partial charge is 0.465 e. The molecule has 0 radical (unpaired) electrons. The van der Waals surface area contributed by atoms with Crippen molar-refractivity contribution >= 4 is 11.7 Å². The first-order valence-electron chi connectivity index (χ1n) is 7.40. The lowest BCUT2D eigenvalue weighted by molar-refractivity contribution is 0.0601. The Morgan fingerprint density at radius 1 is 1.35 bits per heavy atom. The van der Waals surface area contributed by atoms with Crippen molar-refractivity contribution in [2.45, 2.75) is 32.2 Å². The average Bonchev–Trinajstić information content (AvgIpc) is 2.49. The Bertz CT molecular complexity index is 440. The van der Waals surface area contributed by atoms with E-state index < -0.39 is 0 Å². The van der Waals surface area contributed by atoms with Gasteiger partial charge in [-0.3, -0.25) is 0 Å². The number of likely N-dealkylation sites (tertiary alicyclic amines) is 1. The van der Waals surface area contributed by atoms with Crippen LogP contribution < -0.4 is 5.32 Å². The average molecular weight is 276 g/mol. The lowest BCUT2D eigenvalue weighted by Gasteiger charge is -2.32. The summed E-state index contributed by atoms with van der Waals surface area (Å²) < 4.78 is 4.83. The van der Waals surface area contributed by atoms with Gasteiger partial charge in [0.25, 0.3) is 0 Å². The van der Waals surface area contributed by atoms with Gasteiger partial charge in [0.2, 0.25) is 0 Å². The summed E-state index contributed by atoms with van der Waals surface area (Å²) in [7, 11) is 1.42. The van der Waals surface area contributed by atoms with Crippen molar-refractivity contribution in [2.75, 3.05) is 32.1 Å². The Labute approximate surface area is 121 Å². The van der Waals surface area contributed by atoms with Crippen LogP contribution in [0.25, 0.3) is 0 Å². The van der Waals surface area contributed by atoms with Gasteiger partial charge in [-0.15, -0.1) is 0 Å². The lowest BCUT2D eigenvalue weighted by atomic mass is 10.0. The molecule has 2 rings (SSSR count). The van der Waals surface area contributed by atoms with Gasteiger partial charge in [0.15, 0.2) is 0 Å². The van der Waals surface area contributed by atoms with Gasteiger partial charge in [-0.1, -0.05) is 19.1 Å². The van der Waals surface area contributed by atoms with E-state index in [2.05, 4.69) is 17.1 Å². The monoisotopic (exact) mass is 276 g/mol. The number of esters is 1. The third-order valence-corrected chi connectivity index (χ3v) is 3.82.